The topological polar surface area (TPSA) is 82.3 Å². The van der Waals surface area contributed by atoms with Gasteiger partial charge in [-0.3, -0.25) is 4.79 Å². The van der Waals surface area contributed by atoms with E-state index in [9.17, 15) is 9.90 Å². The van der Waals surface area contributed by atoms with Crippen LogP contribution in [0.25, 0.3) is 0 Å². The number of phenols is 1. The Hall–Kier alpha value is -3.00. The Morgan fingerprint density at radius 3 is 2.50 bits per heavy atom. The number of ether oxygens (including phenoxy) is 1. The van der Waals surface area contributed by atoms with Gasteiger partial charge in [0.05, 0.1) is 18.7 Å². The van der Waals surface area contributed by atoms with Gasteiger partial charge in [0, 0.05) is 17.3 Å². The first-order chi connectivity index (χ1) is 9.63. The highest BCUT2D eigenvalue weighted by Crippen LogP contribution is 2.28. The highest BCUT2D eigenvalue weighted by atomic mass is 16.5. The zero-order valence-electron chi connectivity index (χ0n) is 10.8. The average molecular weight is 268 g/mol. The lowest BCUT2D eigenvalue weighted by Gasteiger charge is -2.08. The molecule has 20 heavy (non-hydrogen) atoms. The van der Waals surface area contributed by atoms with E-state index in [1.54, 1.807) is 36.4 Å². The maximum absolute atomic E-state index is 12.0. The number of nitriles is 1. The van der Waals surface area contributed by atoms with Crippen LogP contribution in [-0.2, 0) is 0 Å². The smallest absolute Gasteiger partial charge is 0.255 e. The maximum atomic E-state index is 12.0. The van der Waals surface area contributed by atoms with E-state index in [4.69, 9.17) is 10.00 Å². The zero-order chi connectivity index (χ0) is 14.5. The summed E-state index contributed by atoms with van der Waals surface area (Å²) in [4.78, 5) is 12.0. The van der Waals surface area contributed by atoms with Gasteiger partial charge in [0.15, 0.2) is 11.5 Å². The third kappa shape index (κ3) is 2.87. The zero-order valence-corrected chi connectivity index (χ0v) is 10.8. The molecule has 0 saturated carbocycles. The Labute approximate surface area is 116 Å². The summed E-state index contributed by atoms with van der Waals surface area (Å²) in [5, 5.41) is 21.0. The van der Waals surface area contributed by atoms with Crippen LogP contribution in [0.4, 0.5) is 5.69 Å². The number of methoxy groups -OCH3 is 1. The van der Waals surface area contributed by atoms with E-state index >= 15 is 0 Å². The molecule has 0 aliphatic carbocycles. The number of aromatic hydroxyl groups is 1. The van der Waals surface area contributed by atoms with Gasteiger partial charge in [-0.05, 0) is 36.4 Å². The number of hydrogen-bond acceptors (Lipinski definition) is 4. The Balaban J connectivity index is 2.14. The molecule has 0 aliphatic rings. The molecule has 0 spiro atoms. The predicted octanol–water partition coefficient (Wildman–Crippen LogP) is 2.52. The second kappa shape index (κ2) is 5.76. The molecule has 0 radical (unpaired) electrons. The normalized spacial score (nSPS) is 9.60. The van der Waals surface area contributed by atoms with Gasteiger partial charge < -0.3 is 15.2 Å². The maximum Gasteiger partial charge on any atom is 0.255 e. The van der Waals surface area contributed by atoms with Crippen LogP contribution < -0.4 is 10.1 Å². The number of benzene rings is 2. The minimum absolute atomic E-state index is 0.0508. The SMILES string of the molecule is COc1ccc(NC(=O)c2ccc(C#N)cc2)cc1O. The molecule has 5 heteroatoms. The third-order valence-corrected chi connectivity index (χ3v) is 2.71. The van der Waals surface area contributed by atoms with E-state index in [1.807, 2.05) is 6.07 Å². The van der Waals surface area contributed by atoms with Crippen molar-refractivity contribution in [2.45, 2.75) is 0 Å². The summed E-state index contributed by atoms with van der Waals surface area (Å²) >= 11 is 0. The summed E-state index contributed by atoms with van der Waals surface area (Å²) < 4.78 is 4.92. The molecule has 0 unspecified atom stereocenters. The molecule has 100 valence electrons. The van der Waals surface area contributed by atoms with Crippen LogP contribution in [0.1, 0.15) is 15.9 Å². The lowest BCUT2D eigenvalue weighted by Crippen LogP contribution is -2.11. The number of nitrogens with zero attached hydrogens (tertiary/aromatic N) is 1. The summed E-state index contributed by atoms with van der Waals surface area (Å²) in [6.07, 6.45) is 0. The molecule has 5 nitrogen and oxygen atoms in total. The number of amides is 1. The van der Waals surface area contributed by atoms with Gasteiger partial charge in [-0.1, -0.05) is 0 Å². The molecule has 2 rings (SSSR count). The van der Waals surface area contributed by atoms with E-state index in [0.717, 1.165) is 0 Å². The molecule has 0 fully saturated rings. The van der Waals surface area contributed by atoms with Crippen LogP contribution in [0.5, 0.6) is 11.5 Å². The number of nitrogens with one attached hydrogen (secondary N) is 1. The van der Waals surface area contributed by atoms with E-state index < -0.39 is 0 Å². The first kappa shape index (κ1) is 13.4. The fourth-order valence-electron chi connectivity index (χ4n) is 1.67. The number of carbonyl (C=O) groups is 1. The highest BCUT2D eigenvalue weighted by Gasteiger charge is 2.08. The lowest BCUT2D eigenvalue weighted by molar-refractivity contribution is 0.102. The molecule has 2 aromatic carbocycles. The summed E-state index contributed by atoms with van der Waals surface area (Å²) in [6.45, 7) is 0. The molecule has 2 aromatic rings. The van der Waals surface area contributed by atoms with Crippen molar-refractivity contribution in [2.75, 3.05) is 12.4 Å². The molecule has 0 heterocycles. The van der Waals surface area contributed by atoms with Gasteiger partial charge in [-0.25, -0.2) is 0 Å². The summed E-state index contributed by atoms with van der Waals surface area (Å²) in [6, 6.07) is 12.8. The first-order valence-corrected chi connectivity index (χ1v) is 5.82. The Morgan fingerprint density at radius 2 is 1.95 bits per heavy atom. The van der Waals surface area contributed by atoms with E-state index in [-0.39, 0.29) is 11.7 Å². The van der Waals surface area contributed by atoms with Crippen molar-refractivity contribution in [3.05, 3.63) is 53.6 Å². The fraction of sp³-hybridized carbons (Fsp3) is 0.0667. The molecule has 1 amide bonds. The minimum atomic E-state index is -0.320. The largest absolute Gasteiger partial charge is 0.504 e. The van der Waals surface area contributed by atoms with Gasteiger partial charge >= 0.3 is 0 Å². The van der Waals surface area contributed by atoms with Crippen molar-refractivity contribution in [2.24, 2.45) is 0 Å². The van der Waals surface area contributed by atoms with Crippen molar-refractivity contribution in [1.82, 2.24) is 0 Å². The van der Waals surface area contributed by atoms with Gasteiger partial charge in [0.1, 0.15) is 0 Å². The monoisotopic (exact) mass is 268 g/mol. The molecule has 0 saturated heterocycles. The predicted molar refractivity (Wildman–Crippen MR) is 73.8 cm³/mol. The van der Waals surface area contributed by atoms with E-state index in [1.165, 1.54) is 13.2 Å². The second-order valence-electron chi connectivity index (χ2n) is 4.03. The number of rotatable bonds is 3. The Morgan fingerprint density at radius 1 is 1.25 bits per heavy atom. The second-order valence-corrected chi connectivity index (χ2v) is 4.03. The van der Waals surface area contributed by atoms with Crippen LogP contribution >= 0.6 is 0 Å². The Bertz CT molecular complexity index is 673. The Kier molecular flexibility index (Phi) is 3.87. The summed E-state index contributed by atoms with van der Waals surface area (Å²) in [5.41, 5.74) is 1.38. The molecule has 0 atom stereocenters. The number of anilines is 1. The molecule has 2 N–H and O–H groups in total. The summed E-state index contributed by atoms with van der Waals surface area (Å²) in [7, 11) is 1.45. The van der Waals surface area contributed by atoms with Gasteiger partial charge in [0.25, 0.3) is 5.91 Å². The molecule has 0 bridgehead atoms. The molecule has 0 aliphatic heterocycles. The number of hydrogen-bond donors (Lipinski definition) is 2. The number of carbonyl (C=O) groups excluding carboxylic acids is 1. The average Bonchev–Trinajstić information content (AvgIpc) is 2.47. The van der Waals surface area contributed by atoms with Crippen LogP contribution in [0.3, 0.4) is 0 Å². The van der Waals surface area contributed by atoms with Gasteiger partial charge in [0.2, 0.25) is 0 Å². The summed E-state index contributed by atoms with van der Waals surface area (Å²) in [5.74, 6) is -0.0365. The van der Waals surface area contributed by atoms with Crippen LogP contribution in [0, 0.1) is 11.3 Å². The van der Waals surface area contributed by atoms with Crippen molar-refractivity contribution in [3.8, 4) is 17.6 Å². The molecule has 0 aromatic heterocycles. The van der Waals surface area contributed by atoms with Crippen molar-refractivity contribution >= 4 is 11.6 Å². The van der Waals surface area contributed by atoms with Gasteiger partial charge in [-0.2, -0.15) is 5.26 Å². The highest BCUT2D eigenvalue weighted by molar-refractivity contribution is 6.04. The molecular weight excluding hydrogens is 256 g/mol. The standard InChI is InChI=1S/C15H12N2O3/c1-20-14-7-6-12(8-13(14)18)17-15(19)11-4-2-10(9-16)3-5-11/h2-8,18H,1H3,(H,17,19). The van der Waals surface area contributed by atoms with E-state index in [0.29, 0.717) is 22.6 Å². The van der Waals surface area contributed by atoms with Gasteiger partial charge in [-0.15, -0.1) is 0 Å². The molecular formula is C15H12N2O3. The van der Waals surface area contributed by atoms with Crippen LogP contribution in [0.2, 0.25) is 0 Å². The number of phenolic OH excluding ortho intramolecular Hbond substituents is 1. The fourth-order valence-corrected chi connectivity index (χ4v) is 1.67. The lowest BCUT2D eigenvalue weighted by atomic mass is 10.1. The minimum Gasteiger partial charge on any atom is -0.504 e. The van der Waals surface area contributed by atoms with Crippen molar-refractivity contribution in [3.63, 3.8) is 0 Å². The van der Waals surface area contributed by atoms with Crippen molar-refractivity contribution in [1.29, 1.82) is 5.26 Å². The third-order valence-electron chi connectivity index (χ3n) is 2.71. The first-order valence-electron chi connectivity index (χ1n) is 5.82. The van der Waals surface area contributed by atoms with Crippen LogP contribution in [0.15, 0.2) is 42.5 Å². The van der Waals surface area contributed by atoms with Crippen molar-refractivity contribution < 1.29 is 14.6 Å². The van der Waals surface area contributed by atoms with E-state index in [2.05, 4.69) is 5.32 Å². The van der Waals surface area contributed by atoms with Crippen LogP contribution in [-0.4, -0.2) is 18.1 Å². The quantitative estimate of drug-likeness (QED) is 0.896.